The maximum atomic E-state index is 11.7. The molecule has 1 atom stereocenters. The zero-order valence-electron chi connectivity index (χ0n) is 11.1. The summed E-state index contributed by atoms with van der Waals surface area (Å²) in [5, 5.41) is 3.02. The van der Waals surface area contributed by atoms with Gasteiger partial charge in [-0.1, -0.05) is 44.5 Å². The van der Waals surface area contributed by atoms with Gasteiger partial charge in [0, 0.05) is 6.04 Å². The van der Waals surface area contributed by atoms with Gasteiger partial charge in [0.05, 0.1) is 6.42 Å². The van der Waals surface area contributed by atoms with Crippen LogP contribution in [-0.2, 0) is 17.6 Å². The first kappa shape index (κ1) is 13.8. The molecule has 1 rings (SSSR count). The number of rotatable bonds is 6. The average molecular weight is 233 g/mol. The Kier molecular flexibility index (Phi) is 5.75. The Morgan fingerprint density at radius 3 is 2.29 bits per heavy atom. The van der Waals surface area contributed by atoms with Gasteiger partial charge in [-0.05, 0) is 30.9 Å². The van der Waals surface area contributed by atoms with Crippen molar-refractivity contribution in [3.63, 3.8) is 0 Å². The first-order chi connectivity index (χ1) is 8.15. The number of amides is 1. The number of carbonyl (C=O) groups excluding carboxylic acids is 1. The quantitative estimate of drug-likeness (QED) is 0.803. The van der Waals surface area contributed by atoms with Gasteiger partial charge in [0.2, 0.25) is 5.91 Å². The molecule has 0 radical (unpaired) electrons. The van der Waals surface area contributed by atoms with Crippen LogP contribution in [0.15, 0.2) is 24.3 Å². The van der Waals surface area contributed by atoms with Gasteiger partial charge in [-0.2, -0.15) is 0 Å². The van der Waals surface area contributed by atoms with Crippen LogP contribution in [0.2, 0.25) is 0 Å². The molecule has 1 N–H and O–H groups in total. The Labute approximate surface area is 104 Å². The predicted octanol–water partition coefficient (Wildman–Crippen LogP) is 3.10. The number of nitrogens with one attached hydrogen (secondary N) is 1. The third kappa shape index (κ3) is 5.03. The van der Waals surface area contributed by atoms with Gasteiger partial charge in [-0.3, -0.25) is 4.79 Å². The number of carbonyl (C=O) groups is 1. The molecule has 94 valence electrons. The van der Waals surface area contributed by atoms with Crippen molar-refractivity contribution in [1.29, 1.82) is 0 Å². The van der Waals surface area contributed by atoms with Crippen molar-refractivity contribution in [3.05, 3.63) is 35.4 Å². The molecule has 0 bridgehead atoms. The lowest BCUT2D eigenvalue weighted by Gasteiger charge is -2.12. The third-order valence-corrected chi connectivity index (χ3v) is 2.92. The summed E-state index contributed by atoms with van der Waals surface area (Å²) < 4.78 is 0. The standard InChI is InChI=1S/C15H23NO/c1-4-6-12(3)16-15(17)11-14-9-7-13(5-2)8-10-14/h7-10,12H,4-6,11H2,1-3H3,(H,16,17)/t12-/m0/s1. The maximum absolute atomic E-state index is 11.7. The van der Waals surface area contributed by atoms with Crippen LogP contribution in [-0.4, -0.2) is 11.9 Å². The number of aryl methyl sites for hydroxylation is 1. The number of hydrogen-bond donors (Lipinski definition) is 1. The normalized spacial score (nSPS) is 12.2. The topological polar surface area (TPSA) is 29.1 Å². The Morgan fingerprint density at radius 1 is 1.18 bits per heavy atom. The highest BCUT2D eigenvalue weighted by molar-refractivity contribution is 5.78. The van der Waals surface area contributed by atoms with Crippen molar-refractivity contribution >= 4 is 5.91 Å². The van der Waals surface area contributed by atoms with Crippen LogP contribution in [0, 0.1) is 0 Å². The summed E-state index contributed by atoms with van der Waals surface area (Å²) in [4.78, 5) is 11.7. The lowest BCUT2D eigenvalue weighted by Crippen LogP contribution is -2.33. The first-order valence-corrected chi connectivity index (χ1v) is 6.52. The molecule has 0 aliphatic heterocycles. The molecule has 0 saturated carbocycles. The minimum absolute atomic E-state index is 0.121. The van der Waals surface area contributed by atoms with Crippen molar-refractivity contribution < 1.29 is 4.79 Å². The summed E-state index contributed by atoms with van der Waals surface area (Å²) in [5.41, 5.74) is 2.40. The molecule has 0 aliphatic carbocycles. The lowest BCUT2D eigenvalue weighted by molar-refractivity contribution is -0.121. The molecule has 1 amide bonds. The van der Waals surface area contributed by atoms with E-state index in [0.717, 1.165) is 24.8 Å². The van der Waals surface area contributed by atoms with E-state index in [1.54, 1.807) is 0 Å². The highest BCUT2D eigenvalue weighted by Crippen LogP contribution is 2.06. The highest BCUT2D eigenvalue weighted by Gasteiger charge is 2.07. The van der Waals surface area contributed by atoms with Crippen LogP contribution in [0.5, 0.6) is 0 Å². The van der Waals surface area contributed by atoms with E-state index in [1.807, 2.05) is 12.1 Å². The van der Waals surface area contributed by atoms with Crippen LogP contribution in [0.3, 0.4) is 0 Å². The fraction of sp³-hybridized carbons (Fsp3) is 0.533. The van der Waals surface area contributed by atoms with Crippen molar-refractivity contribution in [1.82, 2.24) is 5.32 Å². The Morgan fingerprint density at radius 2 is 1.76 bits per heavy atom. The van der Waals surface area contributed by atoms with E-state index in [4.69, 9.17) is 0 Å². The van der Waals surface area contributed by atoms with E-state index in [0.29, 0.717) is 6.42 Å². The fourth-order valence-electron chi connectivity index (χ4n) is 1.91. The molecule has 0 heterocycles. The van der Waals surface area contributed by atoms with E-state index in [-0.39, 0.29) is 11.9 Å². The van der Waals surface area contributed by atoms with Crippen molar-refractivity contribution in [3.8, 4) is 0 Å². The molecule has 0 spiro atoms. The van der Waals surface area contributed by atoms with Gasteiger partial charge in [0.25, 0.3) is 0 Å². The van der Waals surface area contributed by atoms with Gasteiger partial charge in [0.1, 0.15) is 0 Å². The van der Waals surface area contributed by atoms with E-state index >= 15 is 0 Å². The summed E-state index contributed by atoms with van der Waals surface area (Å²) in [6, 6.07) is 8.56. The molecule has 0 saturated heterocycles. The Bertz CT molecular complexity index is 342. The molecule has 17 heavy (non-hydrogen) atoms. The average Bonchev–Trinajstić information content (AvgIpc) is 2.30. The Balaban J connectivity index is 2.44. The second kappa shape index (κ2) is 7.10. The molecule has 0 aromatic heterocycles. The van der Waals surface area contributed by atoms with Crippen LogP contribution in [0.1, 0.15) is 44.7 Å². The fourth-order valence-corrected chi connectivity index (χ4v) is 1.91. The molecular formula is C15H23NO. The highest BCUT2D eigenvalue weighted by atomic mass is 16.1. The molecule has 1 aromatic carbocycles. The van der Waals surface area contributed by atoms with E-state index < -0.39 is 0 Å². The number of hydrogen-bond acceptors (Lipinski definition) is 1. The molecule has 0 fully saturated rings. The lowest BCUT2D eigenvalue weighted by atomic mass is 10.1. The third-order valence-electron chi connectivity index (χ3n) is 2.92. The minimum atomic E-state index is 0.121. The molecule has 0 unspecified atom stereocenters. The summed E-state index contributed by atoms with van der Waals surface area (Å²) in [6.45, 7) is 6.32. The van der Waals surface area contributed by atoms with E-state index in [9.17, 15) is 4.79 Å². The van der Waals surface area contributed by atoms with Crippen molar-refractivity contribution in [2.75, 3.05) is 0 Å². The summed E-state index contributed by atoms with van der Waals surface area (Å²) >= 11 is 0. The molecule has 0 aliphatic rings. The molecule has 1 aromatic rings. The van der Waals surface area contributed by atoms with Crippen LogP contribution >= 0.6 is 0 Å². The van der Waals surface area contributed by atoms with Gasteiger partial charge in [-0.15, -0.1) is 0 Å². The van der Waals surface area contributed by atoms with Gasteiger partial charge >= 0.3 is 0 Å². The van der Waals surface area contributed by atoms with Crippen molar-refractivity contribution in [2.24, 2.45) is 0 Å². The number of benzene rings is 1. The largest absolute Gasteiger partial charge is 0.353 e. The molecule has 2 heteroatoms. The summed E-state index contributed by atoms with van der Waals surface area (Å²) in [6.07, 6.45) is 3.67. The second-order valence-electron chi connectivity index (χ2n) is 4.60. The Hall–Kier alpha value is -1.31. The van der Waals surface area contributed by atoms with E-state index in [1.165, 1.54) is 5.56 Å². The first-order valence-electron chi connectivity index (χ1n) is 6.52. The zero-order chi connectivity index (χ0) is 12.7. The smallest absolute Gasteiger partial charge is 0.224 e. The predicted molar refractivity (Wildman–Crippen MR) is 72.0 cm³/mol. The maximum Gasteiger partial charge on any atom is 0.224 e. The molecule has 2 nitrogen and oxygen atoms in total. The van der Waals surface area contributed by atoms with Gasteiger partial charge < -0.3 is 5.32 Å². The van der Waals surface area contributed by atoms with Gasteiger partial charge in [0.15, 0.2) is 0 Å². The SMILES string of the molecule is CCC[C@H](C)NC(=O)Cc1ccc(CC)cc1. The summed E-state index contributed by atoms with van der Waals surface area (Å²) in [7, 11) is 0. The van der Waals surface area contributed by atoms with E-state index in [2.05, 4.69) is 38.2 Å². The van der Waals surface area contributed by atoms with Gasteiger partial charge in [-0.25, -0.2) is 0 Å². The van der Waals surface area contributed by atoms with Crippen molar-refractivity contribution in [2.45, 2.75) is 52.5 Å². The zero-order valence-corrected chi connectivity index (χ0v) is 11.1. The van der Waals surface area contributed by atoms with Crippen LogP contribution in [0.4, 0.5) is 0 Å². The molecular weight excluding hydrogens is 210 g/mol. The monoisotopic (exact) mass is 233 g/mol. The van der Waals surface area contributed by atoms with Crippen LogP contribution in [0.25, 0.3) is 0 Å². The summed E-state index contributed by atoms with van der Waals surface area (Å²) in [5.74, 6) is 0.121. The second-order valence-corrected chi connectivity index (χ2v) is 4.60. The van der Waals surface area contributed by atoms with Crippen LogP contribution < -0.4 is 5.32 Å². The minimum Gasteiger partial charge on any atom is -0.353 e.